The van der Waals surface area contributed by atoms with Crippen LogP contribution in [0.25, 0.3) is 0 Å². The monoisotopic (exact) mass is 390 g/mol. The van der Waals surface area contributed by atoms with Crippen molar-refractivity contribution in [3.05, 3.63) is 0 Å². The van der Waals surface area contributed by atoms with Crippen molar-refractivity contribution in [2.45, 2.75) is 0 Å². The van der Waals surface area contributed by atoms with Crippen LogP contribution in [-0.4, -0.2) is 42.1 Å². The average molecular weight is 391 g/mol. The molecule has 4 N–H and O–H groups in total. The maximum Gasteiger partial charge on any atom is 0 e. The Morgan fingerprint density at radius 1 is 0.857 bits per heavy atom. The molecular weight excluding hydrogens is 384 g/mol. The molecule has 4 nitrogen and oxygen atoms in total. The summed E-state index contributed by atoms with van der Waals surface area (Å²) in [5, 5.41) is 0. The van der Waals surface area contributed by atoms with Crippen LogP contribution in [0.15, 0.2) is 0 Å². The van der Waals surface area contributed by atoms with Crippen molar-refractivity contribution in [3.8, 4) is 0 Å². The van der Waals surface area contributed by atoms with Gasteiger partial charge >= 0.3 is 60.2 Å². The van der Waals surface area contributed by atoms with Gasteiger partial charge < -0.3 is 0 Å². The summed E-state index contributed by atoms with van der Waals surface area (Å²) in [6, 6.07) is 0. The SMILES string of the molecule is [OH][Ti]([OH])([OH])[OH].[PbH2].[Zn]. The van der Waals surface area contributed by atoms with Gasteiger partial charge in [0.15, 0.2) is 0 Å². The van der Waals surface area contributed by atoms with Gasteiger partial charge in [-0.3, -0.25) is 0 Å². The van der Waals surface area contributed by atoms with E-state index in [-0.39, 0.29) is 46.8 Å². The molecule has 0 aliphatic rings. The summed E-state index contributed by atoms with van der Waals surface area (Å²) in [7, 11) is 0. The molecule has 0 aliphatic heterocycles. The molecule has 0 saturated carbocycles. The van der Waals surface area contributed by atoms with Gasteiger partial charge in [-0.2, -0.15) is 0 Å². The van der Waals surface area contributed by atoms with Gasteiger partial charge in [-0.05, 0) is 0 Å². The molecule has 7 heteroatoms. The molecule has 0 rings (SSSR count). The van der Waals surface area contributed by atoms with Gasteiger partial charge in [-0.1, -0.05) is 0 Å². The molecule has 0 amide bonds. The molecule has 0 bridgehead atoms. The van der Waals surface area contributed by atoms with Crippen molar-refractivity contribution < 1.29 is 52.4 Å². The van der Waals surface area contributed by atoms with E-state index in [9.17, 15) is 0 Å². The second-order valence-corrected chi connectivity index (χ2v) is 2.47. The predicted molar refractivity (Wildman–Crippen MR) is 17.4 cm³/mol. The molecule has 2 radical (unpaired) electrons. The van der Waals surface area contributed by atoms with Gasteiger partial charge in [0, 0.05) is 19.5 Å². The van der Waals surface area contributed by atoms with Crippen molar-refractivity contribution in [1.29, 1.82) is 0 Å². The molecule has 0 fully saturated rings. The molecular formula is H6O4PbTiZn. The second kappa shape index (κ2) is 6.22. The smallest absolute Gasteiger partial charge is 0 e. The molecule has 40 valence electrons. The van der Waals surface area contributed by atoms with E-state index in [0.717, 1.165) is 0 Å². The third kappa shape index (κ3) is 68.4. The van der Waals surface area contributed by atoms with Crippen LogP contribution < -0.4 is 0 Å². The fraction of sp³-hybridized carbons (Fsp3) is 0. The van der Waals surface area contributed by atoms with Gasteiger partial charge in [0.2, 0.25) is 0 Å². The number of hydrogen-bond acceptors (Lipinski definition) is 4. The van der Waals surface area contributed by atoms with Crippen molar-refractivity contribution in [1.82, 2.24) is 0 Å². The van der Waals surface area contributed by atoms with Gasteiger partial charge in [0.05, 0.1) is 0 Å². The second-order valence-electron chi connectivity index (χ2n) is 0.600. The van der Waals surface area contributed by atoms with E-state index in [1.165, 1.54) is 0 Å². The number of hydrogen-bond donors (Lipinski definition) is 4. The summed E-state index contributed by atoms with van der Waals surface area (Å²) in [4.78, 5) is 0. The topological polar surface area (TPSA) is 80.9 Å². The van der Waals surface area contributed by atoms with Crippen LogP contribution in [0, 0.1) is 0 Å². The maximum atomic E-state index is 7.38. The summed E-state index contributed by atoms with van der Waals surface area (Å²) < 4.78 is 29.5. The zero-order valence-corrected chi connectivity index (χ0v) is 13.7. The summed E-state index contributed by atoms with van der Waals surface area (Å²) in [5.74, 6) is 0. The standard InChI is InChI=1S/4H2O.Pb.Ti.Zn.2H/h4*1H2;;;;;/q;;;;;+4;;;/p-4. The minimum atomic E-state index is -5.00. The van der Waals surface area contributed by atoms with Crippen LogP contribution >= 0.6 is 0 Å². The van der Waals surface area contributed by atoms with E-state index >= 15 is 0 Å². The fourth-order valence-corrected chi connectivity index (χ4v) is 0. The Morgan fingerprint density at radius 2 is 0.857 bits per heavy atom. The van der Waals surface area contributed by atoms with E-state index in [2.05, 4.69) is 0 Å². The first kappa shape index (κ1) is 16.0. The summed E-state index contributed by atoms with van der Waals surface area (Å²) in [6.07, 6.45) is 0. The molecule has 0 spiro atoms. The Balaban J connectivity index is -0.0000000800. The first-order valence-corrected chi connectivity index (χ1v) is 3.69. The van der Waals surface area contributed by atoms with E-state index in [4.69, 9.17) is 14.8 Å². The van der Waals surface area contributed by atoms with Crippen LogP contribution in [0.3, 0.4) is 0 Å². The average Bonchev–Trinajstić information content (AvgIpc) is 0.722. The molecule has 0 aliphatic carbocycles. The van der Waals surface area contributed by atoms with Gasteiger partial charge in [0.1, 0.15) is 0 Å². The summed E-state index contributed by atoms with van der Waals surface area (Å²) in [5.41, 5.74) is 0. The molecule has 0 saturated heterocycles. The minimum Gasteiger partial charge on any atom is 0 e. The molecule has 7 heavy (non-hydrogen) atoms. The zero-order valence-electron chi connectivity index (χ0n) is 3.70. The van der Waals surface area contributed by atoms with Crippen molar-refractivity contribution in [3.63, 3.8) is 0 Å². The predicted octanol–water partition coefficient (Wildman–Crippen LogP) is -3.15. The Labute approximate surface area is 78.7 Å². The van der Waals surface area contributed by atoms with E-state index in [1.54, 1.807) is 0 Å². The fourth-order valence-electron chi connectivity index (χ4n) is 0. The van der Waals surface area contributed by atoms with E-state index < -0.39 is 18.1 Å². The van der Waals surface area contributed by atoms with Crippen LogP contribution in [0.5, 0.6) is 0 Å². The summed E-state index contributed by atoms with van der Waals surface area (Å²) in [6.45, 7) is 0. The van der Waals surface area contributed by atoms with E-state index in [0.29, 0.717) is 0 Å². The Kier molecular flexibility index (Phi) is 14.3. The maximum absolute atomic E-state index is 7.38. The van der Waals surface area contributed by atoms with Crippen molar-refractivity contribution >= 4 is 27.3 Å². The minimum absolute atomic E-state index is 0. The van der Waals surface area contributed by atoms with E-state index in [1.807, 2.05) is 0 Å². The van der Waals surface area contributed by atoms with Crippen LogP contribution in [0.2, 0.25) is 0 Å². The van der Waals surface area contributed by atoms with Gasteiger partial charge in [-0.25, -0.2) is 0 Å². The summed E-state index contributed by atoms with van der Waals surface area (Å²) >= 11 is -5.00. The molecule has 0 aromatic carbocycles. The Morgan fingerprint density at radius 3 is 0.857 bits per heavy atom. The third-order valence-corrected chi connectivity index (χ3v) is 0. The van der Waals surface area contributed by atoms with Crippen LogP contribution in [0.4, 0.5) is 0 Å². The molecule has 0 unspecified atom stereocenters. The normalized spacial score (nSPS) is 8.57. The third-order valence-electron chi connectivity index (χ3n) is 0. The quantitative estimate of drug-likeness (QED) is 0.330. The van der Waals surface area contributed by atoms with Crippen molar-refractivity contribution in [2.75, 3.05) is 0 Å². The Hall–Kier alpha value is 2.10. The van der Waals surface area contributed by atoms with Crippen LogP contribution in [0.1, 0.15) is 0 Å². The first-order valence-electron chi connectivity index (χ1n) is 0.894. The molecule has 0 atom stereocenters. The Bertz CT molecular complexity index is 27.2. The number of rotatable bonds is 0. The van der Waals surface area contributed by atoms with Gasteiger partial charge in [0.25, 0.3) is 0 Å². The first-order chi connectivity index (χ1) is 2.00. The molecule has 0 aromatic rings. The van der Waals surface area contributed by atoms with Crippen LogP contribution in [-0.2, 0) is 37.6 Å². The van der Waals surface area contributed by atoms with Gasteiger partial charge in [-0.15, -0.1) is 0 Å². The van der Waals surface area contributed by atoms with Crippen molar-refractivity contribution in [2.24, 2.45) is 0 Å². The molecule has 0 heterocycles. The molecule has 0 aromatic heterocycles. The zero-order chi connectivity index (χ0) is 4.50. The largest absolute Gasteiger partial charge is 0 e.